The second-order valence-electron chi connectivity index (χ2n) is 11.0. The fourth-order valence-electron chi connectivity index (χ4n) is 5.31. The van der Waals surface area contributed by atoms with Crippen molar-refractivity contribution in [2.45, 2.75) is 26.2 Å². The summed E-state index contributed by atoms with van der Waals surface area (Å²) in [6.07, 6.45) is 4.14. The molecular weight excluding hydrogens is 556 g/mol. The van der Waals surface area contributed by atoms with Gasteiger partial charge in [-0.3, -0.25) is 0 Å². The van der Waals surface area contributed by atoms with Crippen LogP contribution in [-0.2, 0) is 26.2 Å². The third-order valence-corrected chi connectivity index (χ3v) is 7.79. The lowest BCUT2D eigenvalue weighted by molar-refractivity contribution is 0.306. The van der Waals surface area contributed by atoms with Gasteiger partial charge in [-0.1, -0.05) is 72.8 Å². The molecule has 0 amide bonds. The third-order valence-electron chi connectivity index (χ3n) is 7.79. The van der Waals surface area contributed by atoms with Crippen LogP contribution in [0.2, 0.25) is 0 Å². The van der Waals surface area contributed by atoms with Gasteiger partial charge in [0.05, 0.1) is 11.6 Å². The Hall–Kier alpha value is -5.77. The van der Waals surface area contributed by atoms with Gasteiger partial charge >= 0.3 is 0 Å². The van der Waals surface area contributed by atoms with Crippen LogP contribution in [0.5, 0.6) is 11.5 Å². The van der Waals surface area contributed by atoms with Crippen LogP contribution in [-0.4, -0.2) is 14.2 Å². The molecule has 2 heterocycles. The van der Waals surface area contributed by atoms with E-state index in [0.717, 1.165) is 46.4 Å². The normalized spacial score (nSPS) is 10.8. The molecule has 2 aromatic heterocycles. The van der Waals surface area contributed by atoms with Crippen molar-refractivity contribution in [2.75, 3.05) is 0 Å². The molecule has 3 N–H and O–H groups in total. The minimum absolute atomic E-state index is 0.298. The maximum absolute atomic E-state index is 9.30. The molecule has 7 aromatic rings. The molecule has 0 fully saturated rings. The molecule has 0 spiro atoms. The van der Waals surface area contributed by atoms with Gasteiger partial charge in [0, 0.05) is 43.1 Å². The number of nitrogens with two attached hydrogens (primary N) is 1. The van der Waals surface area contributed by atoms with E-state index in [1.165, 1.54) is 16.5 Å². The first-order valence-corrected chi connectivity index (χ1v) is 14.9. The Balaban J connectivity index is 0.000000167. The molecule has 0 atom stereocenters. The van der Waals surface area contributed by atoms with E-state index in [4.69, 9.17) is 15.7 Å². The van der Waals surface area contributed by atoms with Gasteiger partial charge in [0.1, 0.15) is 18.1 Å². The monoisotopic (exact) mass is 590 g/mol. The summed E-state index contributed by atoms with van der Waals surface area (Å²) in [7, 11) is 0. The van der Waals surface area contributed by atoms with Gasteiger partial charge in [-0.2, -0.15) is 5.26 Å². The highest BCUT2D eigenvalue weighted by Gasteiger charge is 2.05. The lowest BCUT2D eigenvalue weighted by Crippen LogP contribution is -1.99. The van der Waals surface area contributed by atoms with Crippen molar-refractivity contribution >= 4 is 21.8 Å². The Morgan fingerprint density at radius 3 is 1.82 bits per heavy atom. The number of hydrogen-bond acceptors (Lipinski definition) is 4. The van der Waals surface area contributed by atoms with Crippen molar-refractivity contribution < 1.29 is 9.84 Å². The highest BCUT2D eigenvalue weighted by Crippen LogP contribution is 2.22. The average Bonchev–Trinajstić information content (AvgIpc) is 3.69. The van der Waals surface area contributed by atoms with Crippen LogP contribution in [0.1, 0.15) is 27.8 Å². The Morgan fingerprint density at radius 1 is 0.622 bits per heavy atom. The molecule has 45 heavy (non-hydrogen) atoms. The summed E-state index contributed by atoms with van der Waals surface area (Å²) < 4.78 is 10.2. The Morgan fingerprint density at radius 2 is 1.20 bits per heavy atom. The summed E-state index contributed by atoms with van der Waals surface area (Å²) in [6.45, 7) is 2.68. The summed E-state index contributed by atoms with van der Waals surface area (Å²) in [5.41, 5.74) is 13.3. The van der Waals surface area contributed by atoms with Crippen molar-refractivity contribution in [3.8, 4) is 17.6 Å². The van der Waals surface area contributed by atoms with E-state index in [2.05, 4.69) is 82.2 Å². The van der Waals surface area contributed by atoms with E-state index in [1.54, 1.807) is 12.1 Å². The number of hydrogen-bond donors (Lipinski definition) is 2. The van der Waals surface area contributed by atoms with Crippen LogP contribution in [0, 0.1) is 11.3 Å². The molecule has 0 bridgehead atoms. The Bertz CT molecular complexity index is 2050. The van der Waals surface area contributed by atoms with Crippen LogP contribution in [0.15, 0.2) is 140 Å². The van der Waals surface area contributed by atoms with Crippen molar-refractivity contribution in [1.82, 2.24) is 9.13 Å². The first-order valence-electron chi connectivity index (χ1n) is 14.9. The number of nitriles is 1. The van der Waals surface area contributed by atoms with E-state index in [9.17, 15) is 5.11 Å². The van der Waals surface area contributed by atoms with Gasteiger partial charge in [0.15, 0.2) is 0 Å². The van der Waals surface area contributed by atoms with E-state index >= 15 is 0 Å². The van der Waals surface area contributed by atoms with Gasteiger partial charge in [0.2, 0.25) is 0 Å². The van der Waals surface area contributed by atoms with E-state index < -0.39 is 0 Å². The highest BCUT2D eigenvalue weighted by molar-refractivity contribution is 5.82. The number of nitrogens with zero attached hydrogens (tertiary/aromatic N) is 3. The minimum atomic E-state index is 0.298. The molecule has 0 aliphatic heterocycles. The Labute approximate surface area is 262 Å². The number of aromatic nitrogens is 2. The summed E-state index contributed by atoms with van der Waals surface area (Å²) in [5, 5.41) is 20.8. The van der Waals surface area contributed by atoms with Crippen LogP contribution in [0.3, 0.4) is 0 Å². The molecule has 222 valence electrons. The lowest BCUT2D eigenvalue weighted by Gasteiger charge is -2.09. The zero-order valence-corrected chi connectivity index (χ0v) is 24.9. The van der Waals surface area contributed by atoms with Crippen molar-refractivity contribution in [3.05, 3.63) is 168 Å². The molecule has 5 aromatic carbocycles. The molecule has 0 unspecified atom stereocenters. The van der Waals surface area contributed by atoms with E-state index in [-0.39, 0.29) is 0 Å². The molecule has 0 radical (unpaired) electrons. The summed E-state index contributed by atoms with van der Waals surface area (Å²) in [5.74, 6) is 1.16. The first-order chi connectivity index (χ1) is 22.1. The predicted molar refractivity (Wildman–Crippen MR) is 180 cm³/mol. The second-order valence-corrected chi connectivity index (χ2v) is 11.0. The largest absolute Gasteiger partial charge is 0.508 e. The first kappa shape index (κ1) is 29.3. The standard InChI is InChI=1S/C23H18N2O.C16H16N2O/c24-15-20-6-9-21-12-13-25(23(21)14-20)16-18-7-10-22(11-8-18)26-17-19-4-2-1-3-5-19;17-10-13-1-4-14-7-8-18(16(14)9-13)11-12-2-5-15(19)6-3-12/h1-14H,16-17H2;1-9,19H,10-11,17H2. The van der Waals surface area contributed by atoms with Crippen molar-refractivity contribution in [3.63, 3.8) is 0 Å². The number of fused-ring (bicyclic) bond motifs is 2. The zero-order chi connectivity index (χ0) is 31.0. The van der Waals surface area contributed by atoms with Crippen LogP contribution < -0.4 is 10.5 Å². The molecule has 6 nitrogen and oxygen atoms in total. The van der Waals surface area contributed by atoms with Gasteiger partial charge in [-0.25, -0.2) is 0 Å². The number of phenols is 1. The van der Waals surface area contributed by atoms with Gasteiger partial charge in [-0.15, -0.1) is 0 Å². The van der Waals surface area contributed by atoms with Gasteiger partial charge < -0.3 is 24.7 Å². The third kappa shape index (κ3) is 7.24. The fourth-order valence-corrected chi connectivity index (χ4v) is 5.31. The molecule has 0 aliphatic carbocycles. The molecule has 0 saturated heterocycles. The van der Waals surface area contributed by atoms with E-state index in [1.807, 2.05) is 60.7 Å². The number of ether oxygens (including phenoxy) is 1. The van der Waals surface area contributed by atoms with Crippen molar-refractivity contribution in [1.29, 1.82) is 5.26 Å². The molecular formula is C39H34N4O2. The smallest absolute Gasteiger partial charge is 0.119 e. The van der Waals surface area contributed by atoms with Crippen LogP contribution in [0.4, 0.5) is 0 Å². The maximum Gasteiger partial charge on any atom is 0.119 e. The number of aromatic hydroxyl groups is 1. The maximum atomic E-state index is 9.30. The Kier molecular flexibility index (Phi) is 8.91. The van der Waals surface area contributed by atoms with Gasteiger partial charge in [-0.05, 0) is 87.6 Å². The zero-order valence-electron chi connectivity index (χ0n) is 24.9. The topological polar surface area (TPSA) is 89.1 Å². The lowest BCUT2D eigenvalue weighted by atomic mass is 10.1. The second kappa shape index (κ2) is 13.7. The summed E-state index contributed by atoms with van der Waals surface area (Å²) in [6, 6.07) is 44.1. The van der Waals surface area contributed by atoms with Gasteiger partial charge in [0.25, 0.3) is 0 Å². The predicted octanol–water partition coefficient (Wildman–Crippen LogP) is 7.99. The van der Waals surface area contributed by atoms with Crippen LogP contribution in [0.25, 0.3) is 21.8 Å². The quantitative estimate of drug-likeness (QED) is 0.188. The SMILES string of the molecule is N#Cc1ccc2ccn(Cc3ccc(OCc4ccccc4)cc3)c2c1.NCc1ccc2ccn(Cc3ccc(O)cc3)c2c1. The number of rotatable bonds is 8. The fraction of sp³-hybridized carbons (Fsp3) is 0.103. The molecule has 0 aliphatic rings. The van der Waals surface area contributed by atoms with E-state index in [0.29, 0.717) is 24.5 Å². The summed E-state index contributed by atoms with van der Waals surface area (Å²) >= 11 is 0. The molecule has 0 saturated carbocycles. The summed E-state index contributed by atoms with van der Waals surface area (Å²) in [4.78, 5) is 0. The number of benzene rings is 5. The minimum Gasteiger partial charge on any atom is -0.508 e. The van der Waals surface area contributed by atoms with Crippen LogP contribution >= 0.6 is 0 Å². The number of phenolic OH excluding ortho intramolecular Hbond substituents is 1. The highest BCUT2D eigenvalue weighted by atomic mass is 16.5. The molecule has 6 heteroatoms. The van der Waals surface area contributed by atoms with Crippen molar-refractivity contribution in [2.24, 2.45) is 5.73 Å². The average molecular weight is 591 g/mol. The molecule has 7 rings (SSSR count).